The van der Waals surface area contributed by atoms with E-state index in [2.05, 4.69) is 38.2 Å². The Morgan fingerprint density at radius 3 is 1.45 bits per heavy atom. The van der Waals surface area contributed by atoms with E-state index in [0.29, 0.717) is 6.42 Å². The van der Waals surface area contributed by atoms with Crippen molar-refractivity contribution in [2.75, 3.05) is 26.4 Å². The maximum atomic E-state index is 12.5. The second-order valence-electron chi connectivity index (χ2n) is 13.1. The smallest absolute Gasteiger partial charge is 0.462 e. The molecule has 0 aromatic rings. The molecule has 0 aromatic carbocycles. The Labute approximate surface area is 300 Å². The molecular weight excluding hydrogens is 641 g/mol. The van der Waals surface area contributed by atoms with Crippen molar-refractivity contribution in [2.24, 2.45) is 5.73 Å². The molecule has 0 heterocycles. The lowest BCUT2D eigenvalue weighted by Crippen LogP contribution is -2.29. The van der Waals surface area contributed by atoms with Gasteiger partial charge in [-0.2, -0.15) is 0 Å². The quantitative estimate of drug-likeness (QED) is 0.0279. The van der Waals surface area contributed by atoms with E-state index >= 15 is 0 Å². The van der Waals surface area contributed by atoms with Gasteiger partial charge in [-0.05, 0) is 64.2 Å². The van der Waals surface area contributed by atoms with E-state index < -0.39 is 32.5 Å². The minimum Gasteiger partial charge on any atom is -0.462 e. The van der Waals surface area contributed by atoms with Gasteiger partial charge in [0, 0.05) is 19.4 Å². The Morgan fingerprint density at radius 1 is 0.592 bits per heavy atom. The van der Waals surface area contributed by atoms with E-state index in [9.17, 15) is 19.0 Å². The van der Waals surface area contributed by atoms with Crippen LogP contribution < -0.4 is 5.73 Å². The van der Waals surface area contributed by atoms with Crippen molar-refractivity contribution in [3.8, 4) is 0 Å². The molecule has 10 heteroatoms. The van der Waals surface area contributed by atoms with E-state index in [-0.39, 0.29) is 32.6 Å². The predicted molar refractivity (Wildman–Crippen MR) is 201 cm³/mol. The van der Waals surface area contributed by atoms with Gasteiger partial charge in [0.2, 0.25) is 0 Å². The molecule has 2 atom stereocenters. The summed E-state index contributed by atoms with van der Waals surface area (Å²) in [6.45, 7) is 3.69. The summed E-state index contributed by atoms with van der Waals surface area (Å²) in [7, 11) is -4.37. The van der Waals surface area contributed by atoms with Gasteiger partial charge in [-0.15, -0.1) is 0 Å². The fraction of sp³-hybridized carbons (Fsp3) is 0.846. The van der Waals surface area contributed by atoms with Crippen molar-refractivity contribution < 1.29 is 37.6 Å². The van der Waals surface area contributed by atoms with Crippen LogP contribution in [0.4, 0.5) is 0 Å². The lowest BCUT2D eigenvalue weighted by Gasteiger charge is -2.19. The Kier molecular flexibility index (Phi) is 35.2. The van der Waals surface area contributed by atoms with Crippen LogP contribution in [0, 0.1) is 0 Å². The molecule has 3 N–H and O–H groups in total. The number of carbonyl (C=O) groups is 2. The largest absolute Gasteiger partial charge is 0.472 e. The second kappa shape index (κ2) is 36.3. The van der Waals surface area contributed by atoms with Gasteiger partial charge in [0.05, 0.1) is 13.2 Å². The molecule has 0 fully saturated rings. The topological polar surface area (TPSA) is 134 Å². The van der Waals surface area contributed by atoms with Gasteiger partial charge in [0.1, 0.15) is 6.61 Å². The molecule has 0 amide bonds. The van der Waals surface area contributed by atoms with Gasteiger partial charge in [-0.1, -0.05) is 128 Å². The third kappa shape index (κ3) is 36.1. The van der Waals surface area contributed by atoms with Gasteiger partial charge < -0.3 is 20.1 Å². The summed E-state index contributed by atoms with van der Waals surface area (Å²) in [4.78, 5) is 34.7. The molecule has 0 rings (SSSR count). The van der Waals surface area contributed by atoms with Crippen LogP contribution in [0.3, 0.4) is 0 Å². The summed E-state index contributed by atoms with van der Waals surface area (Å²) in [6, 6.07) is 0. The highest BCUT2D eigenvalue weighted by Crippen LogP contribution is 2.43. The summed E-state index contributed by atoms with van der Waals surface area (Å²) in [6.07, 6.45) is 36.3. The first kappa shape index (κ1) is 47.5. The van der Waals surface area contributed by atoms with Crippen LogP contribution in [-0.2, 0) is 32.7 Å². The van der Waals surface area contributed by atoms with Crippen LogP contribution in [0.2, 0.25) is 0 Å². The van der Waals surface area contributed by atoms with Crippen LogP contribution in [0.5, 0.6) is 0 Å². The van der Waals surface area contributed by atoms with Gasteiger partial charge in [-0.25, -0.2) is 4.57 Å². The molecule has 0 spiro atoms. The molecule has 9 nitrogen and oxygen atoms in total. The van der Waals surface area contributed by atoms with Crippen molar-refractivity contribution >= 4 is 19.8 Å². The zero-order valence-corrected chi connectivity index (χ0v) is 32.3. The Bertz CT molecular complexity index is 866. The monoisotopic (exact) mass is 716 g/mol. The normalized spacial score (nSPS) is 13.6. The number of phosphoric ester groups is 1. The molecular formula is C39H74NO8P. The maximum Gasteiger partial charge on any atom is 0.472 e. The maximum absolute atomic E-state index is 12.5. The molecule has 0 aromatic heterocycles. The van der Waals surface area contributed by atoms with E-state index in [1.165, 1.54) is 77.0 Å². The number of hydrogen-bond acceptors (Lipinski definition) is 8. The number of phosphoric acid groups is 1. The highest BCUT2D eigenvalue weighted by atomic mass is 31.2. The molecule has 0 saturated carbocycles. The Balaban J connectivity index is 4.23. The van der Waals surface area contributed by atoms with Crippen LogP contribution in [0.25, 0.3) is 0 Å². The minimum atomic E-state index is -4.37. The van der Waals surface area contributed by atoms with Crippen molar-refractivity contribution in [1.29, 1.82) is 0 Å². The van der Waals surface area contributed by atoms with Crippen molar-refractivity contribution in [3.63, 3.8) is 0 Å². The number of nitrogens with two attached hydrogens (primary N) is 1. The Morgan fingerprint density at radius 2 is 1.00 bits per heavy atom. The molecule has 1 unspecified atom stereocenters. The Hall–Kier alpha value is -1.51. The molecule has 0 aliphatic rings. The number of rotatable bonds is 37. The zero-order chi connectivity index (χ0) is 36.1. The molecule has 288 valence electrons. The van der Waals surface area contributed by atoms with E-state index in [1.807, 2.05) is 0 Å². The van der Waals surface area contributed by atoms with Crippen molar-refractivity contribution in [1.82, 2.24) is 0 Å². The molecule has 0 saturated heterocycles. The number of unbranched alkanes of at least 4 members (excludes halogenated alkanes) is 20. The summed E-state index contributed by atoms with van der Waals surface area (Å²) >= 11 is 0. The highest BCUT2D eigenvalue weighted by molar-refractivity contribution is 7.47. The third-order valence-corrected chi connectivity index (χ3v) is 9.29. The molecule has 0 aliphatic heterocycles. The number of hydrogen-bond donors (Lipinski definition) is 2. The van der Waals surface area contributed by atoms with Gasteiger partial charge in [0.25, 0.3) is 0 Å². The average molecular weight is 716 g/mol. The first-order valence-corrected chi connectivity index (χ1v) is 21.3. The van der Waals surface area contributed by atoms with E-state index in [0.717, 1.165) is 70.6 Å². The lowest BCUT2D eigenvalue weighted by molar-refractivity contribution is -0.161. The summed E-state index contributed by atoms with van der Waals surface area (Å²) in [5.41, 5.74) is 5.33. The second-order valence-corrected chi connectivity index (χ2v) is 14.6. The van der Waals surface area contributed by atoms with Gasteiger partial charge in [0.15, 0.2) is 6.10 Å². The standard InChI is InChI=1S/C39H74NO8P/c1-3-5-7-9-11-13-15-17-19-21-23-25-27-29-31-38(41)45-35-37(36-47-49(43,44)46-34-33-40)48-39(42)32-30-28-26-24-22-20-18-16-14-12-10-8-6-4-2/h15-18,37H,3-14,19-36,40H2,1-2H3,(H,43,44)/b17-15-,18-16-/t37-/m1/s1. The molecule has 0 aliphatic carbocycles. The number of esters is 2. The van der Waals surface area contributed by atoms with Crippen LogP contribution in [-0.4, -0.2) is 49.3 Å². The molecule has 49 heavy (non-hydrogen) atoms. The fourth-order valence-electron chi connectivity index (χ4n) is 5.33. The predicted octanol–water partition coefficient (Wildman–Crippen LogP) is 10.8. The highest BCUT2D eigenvalue weighted by Gasteiger charge is 2.25. The van der Waals surface area contributed by atoms with Crippen molar-refractivity contribution in [3.05, 3.63) is 24.3 Å². The van der Waals surface area contributed by atoms with Crippen LogP contribution in [0.15, 0.2) is 24.3 Å². The van der Waals surface area contributed by atoms with Crippen LogP contribution in [0.1, 0.15) is 181 Å². The third-order valence-electron chi connectivity index (χ3n) is 8.31. The summed E-state index contributed by atoms with van der Waals surface area (Å²) < 4.78 is 32.7. The van der Waals surface area contributed by atoms with Crippen LogP contribution >= 0.6 is 7.82 Å². The number of carbonyl (C=O) groups excluding carboxylic acids is 2. The first-order chi connectivity index (χ1) is 23.8. The zero-order valence-electron chi connectivity index (χ0n) is 31.4. The number of ether oxygens (including phenoxy) is 2. The lowest BCUT2D eigenvalue weighted by atomic mass is 10.1. The first-order valence-electron chi connectivity index (χ1n) is 19.8. The SMILES string of the molecule is CCCCCCC/C=C\CCCCCCCC(=O)OC[C@H](COP(=O)(O)OCCN)OC(=O)CCCCCCC/C=C\CCCCCCC. The number of allylic oxidation sites excluding steroid dienone is 4. The van der Waals surface area contributed by atoms with Crippen molar-refractivity contribution in [2.45, 2.75) is 187 Å². The van der Waals surface area contributed by atoms with E-state index in [1.54, 1.807) is 0 Å². The summed E-state index contributed by atoms with van der Waals surface area (Å²) in [5, 5.41) is 0. The van der Waals surface area contributed by atoms with Gasteiger partial charge >= 0.3 is 19.8 Å². The molecule has 0 bridgehead atoms. The average Bonchev–Trinajstić information content (AvgIpc) is 3.08. The molecule has 0 radical (unpaired) electrons. The van der Waals surface area contributed by atoms with E-state index in [4.69, 9.17) is 24.3 Å². The van der Waals surface area contributed by atoms with Gasteiger partial charge in [-0.3, -0.25) is 18.6 Å². The minimum absolute atomic E-state index is 0.0517. The summed E-state index contributed by atoms with van der Waals surface area (Å²) in [5.74, 6) is -0.847. The fourth-order valence-corrected chi connectivity index (χ4v) is 6.09.